The van der Waals surface area contributed by atoms with Crippen LogP contribution in [-0.2, 0) is 36.9 Å². The van der Waals surface area contributed by atoms with E-state index < -0.39 is 34.6 Å². The molecule has 0 radical (unpaired) electrons. The number of amides is 3. The molecule has 7 rings (SSSR count). The number of aromatic nitrogens is 2. The smallest absolute Gasteiger partial charge is 0.410 e. The Kier molecular flexibility index (Phi) is 14.3. The van der Waals surface area contributed by atoms with Crippen molar-refractivity contribution in [1.82, 2.24) is 25.1 Å². The van der Waals surface area contributed by atoms with E-state index in [4.69, 9.17) is 42.1 Å². The van der Waals surface area contributed by atoms with E-state index in [1.807, 2.05) is 12.1 Å². The Morgan fingerprint density at radius 3 is 2.15 bits per heavy atom. The number of hydrogen-bond acceptors (Lipinski definition) is 11. The van der Waals surface area contributed by atoms with Gasteiger partial charge in [-0.15, -0.1) is 0 Å². The van der Waals surface area contributed by atoms with Crippen LogP contribution >= 0.6 is 23.2 Å². The number of esters is 1. The fraction of sp³-hybridized carbons (Fsp3) is 0.480. The van der Waals surface area contributed by atoms with Gasteiger partial charge in [-0.2, -0.15) is 0 Å². The number of halogens is 3. The lowest BCUT2D eigenvalue weighted by Crippen LogP contribution is -2.43. The predicted octanol–water partition coefficient (Wildman–Crippen LogP) is 10.9. The molecule has 3 aliphatic rings. The lowest BCUT2D eigenvalue weighted by atomic mass is 9.82. The highest BCUT2D eigenvalue weighted by atomic mass is 35.5. The van der Waals surface area contributed by atoms with Gasteiger partial charge in [-0.1, -0.05) is 47.5 Å². The van der Waals surface area contributed by atoms with Crippen molar-refractivity contribution >= 4 is 58.8 Å². The molecule has 3 heterocycles. The second-order valence-corrected chi connectivity index (χ2v) is 20.7. The zero-order chi connectivity index (χ0) is 48.5. The number of fused-ring (bicyclic) bond motifs is 2. The third-order valence-electron chi connectivity index (χ3n) is 12.6. The van der Waals surface area contributed by atoms with Gasteiger partial charge in [0.1, 0.15) is 17.0 Å². The first-order chi connectivity index (χ1) is 31.6. The SMILES string of the molecule is COC(=O)C12CCC(CN(Cc3ccnc(Nc4cccc(-c5ccnc(-c6ccc(CN(C[C@@H]7CCC(=O)N7)C(=O)OC(C)(C)C)c(OC)c6)c5Cl)c4Cl)c3F)C(=O)OC(C)(C)C)(CC1)C2. The molecule has 67 heavy (non-hydrogen) atoms. The summed E-state index contributed by atoms with van der Waals surface area (Å²) in [6.07, 6.45) is 6.42. The summed E-state index contributed by atoms with van der Waals surface area (Å²) in [7, 11) is 2.94. The molecule has 2 saturated carbocycles. The summed E-state index contributed by atoms with van der Waals surface area (Å²) >= 11 is 14.2. The molecule has 1 atom stereocenters. The fourth-order valence-corrected chi connectivity index (χ4v) is 10.1. The van der Waals surface area contributed by atoms with Gasteiger partial charge in [0.2, 0.25) is 5.91 Å². The standard InChI is InChI=1S/C50H59Cl2FN6O8/c1-47(2,3)66-45(62)58(27-33-14-15-38(60)56-33)25-31-13-12-30(24-37(31)64-7)42-40(52)35(17-23-54-42)34-10-9-11-36(39(34)51)57-43-41(53)32(16-22-55-43)26-59(46(63)67-48(4,5)6)29-49-18-20-50(28-49,21-19-49)44(61)65-8/h9-13,16-17,22-24,33H,14-15,18-21,25-29H2,1-8H3,(H,55,57)(H,56,60)/t33-,49?,50?/m0/s1. The minimum atomic E-state index is -0.792. The summed E-state index contributed by atoms with van der Waals surface area (Å²) in [5.74, 6) is -0.557. The minimum Gasteiger partial charge on any atom is -0.496 e. The highest BCUT2D eigenvalue weighted by Gasteiger charge is 2.59. The van der Waals surface area contributed by atoms with Crippen molar-refractivity contribution in [3.8, 4) is 28.1 Å². The Hall–Kier alpha value is -5.67. The number of hydrogen-bond donors (Lipinski definition) is 2. The van der Waals surface area contributed by atoms with Gasteiger partial charge in [0.15, 0.2) is 11.6 Å². The molecule has 2 aromatic carbocycles. The van der Waals surface area contributed by atoms with Crippen molar-refractivity contribution in [3.63, 3.8) is 0 Å². The molecule has 2 aliphatic carbocycles. The van der Waals surface area contributed by atoms with Crippen LogP contribution in [0.2, 0.25) is 10.0 Å². The van der Waals surface area contributed by atoms with Crippen LogP contribution in [0, 0.1) is 16.6 Å². The number of carbonyl (C=O) groups excluding carboxylic acids is 4. The molecule has 2 bridgehead atoms. The Morgan fingerprint density at radius 1 is 0.851 bits per heavy atom. The Bertz CT molecular complexity index is 2540. The van der Waals surface area contributed by atoms with Gasteiger partial charge in [0, 0.05) is 65.8 Å². The van der Waals surface area contributed by atoms with Crippen LogP contribution in [0.3, 0.4) is 0 Å². The quantitative estimate of drug-likeness (QED) is 0.0914. The number of carbonyl (C=O) groups is 4. The topological polar surface area (TPSA) is 162 Å². The van der Waals surface area contributed by atoms with Crippen molar-refractivity contribution < 1.29 is 42.5 Å². The summed E-state index contributed by atoms with van der Waals surface area (Å²) in [6, 6.07) is 13.8. The Labute approximate surface area is 401 Å². The van der Waals surface area contributed by atoms with E-state index >= 15 is 4.39 Å². The van der Waals surface area contributed by atoms with Crippen LogP contribution in [0.4, 0.5) is 25.5 Å². The first kappa shape index (κ1) is 49.2. The third-order valence-corrected chi connectivity index (χ3v) is 13.4. The molecule has 3 fully saturated rings. The van der Waals surface area contributed by atoms with E-state index in [0.29, 0.717) is 83.1 Å². The summed E-state index contributed by atoms with van der Waals surface area (Å²) in [6.45, 7) is 11.4. The second-order valence-electron chi connectivity index (χ2n) is 19.9. The zero-order valence-corrected chi connectivity index (χ0v) is 40.8. The van der Waals surface area contributed by atoms with E-state index in [-0.39, 0.29) is 59.4 Å². The maximum Gasteiger partial charge on any atom is 0.410 e. The van der Waals surface area contributed by atoms with Gasteiger partial charge in [-0.05, 0) is 110 Å². The van der Waals surface area contributed by atoms with Crippen LogP contribution in [0.1, 0.15) is 97.6 Å². The largest absolute Gasteiger partial charge is 0.496 e. The maximum atomic E-state index is 16.6. The fourth-order valence-electron chi connectivity index (χ4n) is 9.51. The molecule has 0 spiro atoms. The number of nitrogens with zero attached hydrogens (tertiary/aromatic N) is 4. The van der Waals surface area contributed by atoms with E-state index in [1.54, 1.807) is 83.0 Å². The van der Waals surface area contributed by atoms with E-state index in [0.717, 1.165) is 12.8 Å². The molecule has 3 amide bonds. The number of benzene rings is 2. The number of pyridine rings is 2. The second kappa shape index (κ2) is 19.5. The van der Waals surface area contributed by atoms with Crippen LogP contribution in [0.25, 0.3) is 22.4 Å². The Balaban J connectivity index is 1.12. The van der Waals surface area contributed by atoms with Crippen LogP contribution in [0.15, 0.2) is 60.9 Å². The summed E-state index contributed by atoms with van der Waals surface area (Å²) < 4.78 is 39.1. The predicted molar refractivity (Wildman–Crippen MR) is 254 cm³/mol. The molecule has 2 aromatic heterocycles. The van der Waals surface area contributed by atoms with Crippen molar-refractivity contribution in [2.45, 2.75) is 117 Å². The third kappa shape index (κ3) is 11.2. The number of ether oxygens (including phenoxy) is 4. The monoisotopic (exact) mass is 960 g/mol. The molecule has 4 aromatic rings. The van der Waals surface area contributed by atoms with Crippen LogP contribution in [0.5, 0.6) is 5.75 Å². The molecular weight excluding hydrogens is 902 g/mol. The first-order valence-corrected chi connectivity index (χ1v) is 23.2. The van der Waals surface area contributed by atoms with E-state index in [1.165, 1.54) is 31.4 Å². The lowest BCUT2D eigenvalue weighted by Gasteiger charge is -2.35. The van der Waals surface area contributed by atoms with Crippen LogP contribution < -0.4 is 15.4 Å². The normalized spacial score (nSPS) is 20.0. The number of methoxy groups -OCH3 is 2. The summed E-state index contributed by atoms with van der Waals surface area (Å²) in [4.78, 5) is 63.9. The van der Waals surface area contributed by atoms with Crippen molar-refractivity contribution in [1.29, 1.82) is 0 Å². The summed E-state index contributed by atoms with van der Waals surface area (Å²) in [5.41, 5.74) is 1.04. The Morgan fingerprint density at radius 2 is 1.51 bits per heavy atom. The molecule has 358 valence electrons. The molecule has 0 unspecified atom stereocenters. The minimum absolute atomic E-state index is 0.0526. The van der Waals surface area contributed by atoms with Crippen molar-refractivity contribution in [3.05, 3.63) is 87.9 Å². The molecule has 1 aliphatic heterocycles. The molecule has 2 N–H and O–H groups in total. The van der Waals surface area contributed by atoms with E-state index in [9.17, 15) is 19.2 Å². The van der Waals surface area contributed by atoms with Gasteiger partial charge in [0.25, 0.3) is 0 Å². The average Bonchev–Trinajstić information content (AvgIpc) is 3.98. The number of rotatable bonds is 14. The first-order valence-electron chi connectivity index (χ1n) is 22.5. The van der Waals surface area contributed by atoms with Gasteiger partial charge in [-0.3, -0.25) is 14.6 Å². The van der Waals surface area contributed by atoms with Gasteiger partial charge in [0.05, 0.1) is 54.2 Å². The van der Waals surface area contributed by atoms with Gasteiger partial charge < -0.3 is 39.4 Å². The highest BCUT2D eigenvalue weighted by Crippen LogP contribution is 2.62. The van der Waals surface area contributed by atoms with E-state index in [2.05, 4.69) is 20.6 Å². The van der Waals surface area contributed by atoms with Gasteiger partial charge in [-0.25, -0.2) is 19.0 Å². The molecular formula is C50H59Cl2FN6O8. The molecule has 1 saturated heterocycles. The molecule has 14 nitrogen and oxygen atoms in total. The number of anilines is 2. The lowest BCUT2D eigenvalue weighted by molar-refractivity contribution is -0.152. The van der Waals surface area contributed by atoms with Gasteiger partial charge >= 0.3 is 18.2 Å². The molecule has 17 heteroatoms. The maximum absolute atomic E-state index is 16.6. The zero-order valence-electron chi connectivity index (χ0n) is 39.3. The number of nitrogens with one attached hydrogen (secondary N) is 2. The van der Waals surface area contributed by atoms with Crippen molar-refractivity contribution in [2.24, 2.45) is 10.8 Å². The van der Waals surface area contributed by atoms with Crippen molar-refractivity contribution in [2.75, 3.05) is 32.6 Å². The van der Waals surface area contributed by atoms with Crippen LogP contribution in [-0.4, -0.2) is 88.4 Å². The highest BCUT2D eigenvalue weighted by molar-refractivity contribution is 6.39. The average molecular weight is 962 g/mol. The summed E-state index contributed by atoms with van der Waals surface area (Å²) in [5, 5.41) is 6.53.